The summed E-state index contributed by atoms with van der Waals surface area (Å²) in [5.74, 6) is -0.912. The average molecular weight is 361 g/mol. The molecule has 1 N–H and O–H groups in total. The Morgan fingerprint density at radius 1 is 1.55 bits per heavy atom. The fraction of sp³-hybridized carbons (Fsp3) is 0.538. The topological polar surface area (TPSA) is 60.9 Å². The number of hydrogen-bond acceptors (Lipinski definition) is 3. The molecule has 1 saturated heterocycles. The fourth-order valence-corrected chi connectivity index (χ4v) is 3.88. The third-order valence-corrected chi connectivity index (χ3v) is 5.06. The summed E-state index contributed by atoms with van der Waals surface area (Å²) in [4.78, 5) is 27.8. The molecule has 2 amide bonds. The van der Waals surface area contributed by atoms with Crippen LogP contribution in [0.1, 0.15) is 24.1 Å². The first-order valence-corrected chi connectivity index (χ1v) is 8.13. The Balaban J connectivity index is 2.02. The van der Waals surface area contributed by atoms with Crippen LogP contribution in [0.5, 0.6) is 0 Å². The van der Waals surface area contributed by atoms with E-state index in [1.807, 2.05) is 11.4 Å². The zero-order chi connectivity index (χ0) is 14.7. The SMILES string of the molecule is CN(Cc1cc(Br)cs1)C(=O)N1CCCCC1C(=O)O. The number of likely N-dealkylation sites (tertiary alicyclic amines) is 1. The molecule has 110 valence electrons. The average Bonchev–Trinajstić information content (AvgIpc) is 2.83. The zero-order valence-electron chi connectivity index (χ0n) is 11.2. The van der Waals surface area contributed by atoms with Crippen molar-refractivity contribution in [2.45, 2.75) is 31.8 Å². The van der Waals surface area contributed by atoms with Gasteiger partial charge in [-0.3, -0.25) is 0 Å². The second-order valence-corrected chi connectivity index (χ2v) is 6.82. The molecular formula is C13H17BrN2O3S. The van der Waals surface area contributed by atoms with Gasteiger partial charge in [-0.2, -0.15) is 0 Å². The number of aliphatic carboxylic acids is 1. The molecule has 7 heteroatoms. The lowest BCUT2D eigenvalue weighted by Gasteiger charge is -2.35. The van der Waals surface area contributed by atoms with Gasteiger partial charge >= 0.3 is 12.0 Å². The van der Waals surface area contributed by atoms with Crippen LogP contribution in [0.2, 0.25) is 0 Å². The van der Waals surface area contributed by atoms with E-state index in [-0.39, 0.29) is 6.03 Å². The van der Waals surface area contributed by atoms with Gasteiger partial charge in [0.15, 0.2) is 0 Å². The van der Waals surface area contributed by atoms with Crippen molar-refractivity contribution in [2.24, 2.45) is 0 Å². The van der Waals surface area contributed by atoms with Crippen molar-refractivity contribution in [3.63, 3.8) is 0 Å². The Bertz CT molecular complexity index is 506. The van der Waals surface area contributed by atoms with Gasteiger partial charge in [0, 0.05) is 28.3 Å². The first-order chi connectivity index (χ1) is 9.49. The first-order valence-electron chi connectivity index (χ1n) is 6.46. The van der Waals surface area contributed by atoms with Crippen LogP contribution in [0, 0.1) is 0 Å². The second-order valence-electron chi connectivity index (χ2n) is 4.91. The summed E-state index contributed by atoms with van der Waals surface area (Å²) in [6.07, 6.45) is 2.27. The highest BCUT2D eigenvalue weighted by Gasteiger charge is 2.33. The van der Waals surface area contributed by atoms with E-state index in [1.165, 1.54) is 4.90 Å². The molecular weight excluding hydrogens is 344 g/mol. The maximum absolute atomic E-state index is 12.4. The lowest BCUT2D eigenvalue weighted by atomic mass is 10.0. The van der Waals surface area contributed by atoms with Gasteiger partial charge in [0.2, 0.25) is 0 Å². The lowest BCUT2D eigenvalue weighted by molar-refractivity contribution is -0.143. The van der Waals surface area contributed by atoms with Crippen LogP contribution in [0.15, 0.2) is 15.9 Å². The molecule has 0 bridgehead atoms. The number of carbonyl (C=O) groups is 2. The van der Waals surface area contributed by atoms with Gasteiger partial charge in [0.05, 0.1) is 6.54 Å². The molecule has 1 aromatic heterocycles. The summed E-state index contributed by atoms with van der Waals surface area (Å²) in [6, 6.07) is 1.08. The van der Waals surface area contributed by atoms with Crippen LogP contribution in [0.4, 0.5) is 4.79 Å². The molecule has 2 rings (SSSR count). The third-order valence-electron chi connectivity index (χ3n) is 3.37. The molecule has 0 aromatic carbocycles. The molecule has 5 nitrogen and oxygen atoms in total. The largest absolute Gasteiger partial charge is 0.480 e. The third kappa shape index (κ3) is 3.52. The van der Waals surface area contributed by atoms with E-state index in [1.54, 1.807) is 23.3 Å². The number of urea groups is 1. The number of thiophene rings is 1. The normalized spacial score (nSPS) is 18.9. The lowest BCUT2D eigenvalue weighted by Crippen LogP contribution is -2.52. The van der Waals surface area contributed by atoms with Gasteiger partial charge in [-0.25, -0.2) is 9.59 Å². The molecule has 0 spiro atoms. The van der Waals surface area contributed by atoms with Crippen molar-refractivity contribution in [2.75, 3.05) is 13.6 Å². The number of carboxylic acids is 1. The molecule has 20 heavy (non-hydrogen) atoms. The number of carbonyl (C=O) groups excluding carboxylic acids is 1. The Hall–Kier alpha value is -1.08. The van der Waals surface area contributed by atoms with Crippen LogP contribution >= 0.6 is 27.3 Å². The van der Waals surface area contributed by atoms with E-state index in [0.29, 0.717) is 19.5 Å². The summed E-state index contributed by atoms with van der Waals surface area (Å²) in [6.45, 7) is 1.02. The summed E-state index contributed by atoms with van der Waals surface area (Å²) >= 11 is 4.96. The van der Waals surface area contributed by atoms with E-state index >= 15 is 0 Å². The Kier molecular flexibility index (Phi) is 5.04. The van der Waals surface area contributed by atoms with E-state index in [4.69, 9.17) is 0 Å². The fourth-order valence-electron chi connectivity index (χ4n) is 2.37. The summed E-state index contributed by atoms with van der Waals surface area (Å²) in [7, 11) is 1.71. The highest BCUT2D eigenvalue weighted by Crippen LogP contribution is 2.23. The molecule has 1 aliphatic heterocycles. The molecule has 1 aromatic rings. The van der Waals surface area contributed by atoms with Crippen molar-refractivity contribution < 1.29 is 14.7 Å². The summed E-state index contributed by atoms with van der Waals surface area (Å²) in [5.41, 5.74) is 0. The standard InChI is InChI=1S/C13H17BrN2O3S/c1-15(7-10-6-9(14)8-20-10)13(19)16-5-3-2-4-11(16)12(17)18/h6,8,11H,2-5,7H2,1H3,(H,17,18). The zero-order valence-corrected chi connectivity index (χ0v) is 13.6. The maximum Gasteiger partial charge on any atom is 0.326 e. The van der Waals surface area contributed by atoms with Crippen molar-refractivity contribution in [3.05, 3.63) is 20.8 Å². The molecule has 2 heterocycles. The Morgan fingerprint density at radius 3 is 2.90 bits per heavy atom. The smallest absolute Gasteiger partial charge is 0.326 e. The molecule has 1 unspecified atom stereocenters. The molecule has 0 saturated carbocycles. The Morgan fingerprint density at radius 2 is 2.30 bits per heavy atom. The quantitative estimate of drug-likeness (QED) is 0.900. The van der Waals surface area contributed by atoms with E-state index in [2.05, 4.69) is 15.9 Å². The predicted octanol–water partition coefficient (Wildman–Crippen LogP) is 3.00. The van der Waals surface area contributed by atoms with Crippen LogP contribution in [-0.2, 0) is 11.3 Å². The summed E-state index contributed by atoms with van der Waals surface area (Å²) < 4.78 is 1.000. The monoisotopic (exact) mass is 360 g/mol. The first kappa shape index (κ1) is 15.3. The molecule has 0 aliphatic carbocycles. The number of piperidine rings is 1. The molecule has 1 aliphatic rings. The summed E-state index contributed by atoms with van der Waals surface area (Å²) in [5, 5.41) is 11.2. The number of halogens is 1. The van der Waals surface area contributed by atoms with Crippen molar-refractivity contribution in [3.8, 4) is 0 Å². The van der Waals surface area contributed by atoms with Gasteiger partial charge < -0.3 is 14.9 Å². The number of carboxylic acid groups (broad SMARTS) is 1. The van der Waals surface area contributed by atoms with E-state index in [9.17, 15) is 14.7 Å². The van der Waals surface area contributed by atoms with Gasteiger partial charge in [-0.15, -0.1) is 11.3 Å². The molecule has 0 radical (unpaired) electrons. The highest BCUT2D eigenvalue weighted by atomic mass is 79.9. The van der Waals surface area contributed by atoms with Gasteiger partial charge in [0.25, 0.3) is 0 Å². The maximum atomic E-state index is 12.4. The second kappa shape index (κ2) is 6.58. The predicted molar refractivity (Wildman–Crippen MR) is 80.9 cm³/mol. The van der Waals surface area contributed by atoms with Crippen molar-refractivity contribution in [1.29, 1.82) is 0 Å². The highest BCUT2D eigenvalue weighted by molar-refractivity contribution is 9.10. The van der Waals surface area contributed by atoms with Gasteiger partial charge in [-0.1, -0.05) is 0 Å². The van der Waals surface area contributed by atoms with Gasteiger partial charge in [0.1, 0.15) is 6.04 Å². The van der Waals surface area contributed by atoms with Crippen LogP contribution in [0.25, 0.3) is 0 Å². The van der Waals surface area contributed by atoms with Crippen LogP contribution in [0.3, 0.4) is 0 Å². The van der Waals surface area contributed by atoms with Crippen LogP contribution in [-0.4, -0.2) is 46.5 Å². The minimum Gasteiger partial charge on any atom is -0.480 e. The van der Waals surface area contributed by atoms with Gasteiger partial charge in [-0.05, 0) is 41.3 Å². The minimum atomic E-state index is -0.912. The van der Waals surface area contributed by atoms with Crippen molar-refractivity contribution in [1.82, 2.24) is 9.80 Å². The Labute approximate surface area is 130 Å². The number of hydrogen-bond donors (Lipinski definition) is 1. The van der Waals surface area contributed by atoms with Crippen molar-refractivity contribution >= 4 is 39.3 Å². The number of amides is 2. The van der Waals surface area contributed by atoms with E-state index in [0.717, 1.165) is 22.2 Å². The number of rotatable bonds is 3. The minimum absolute atomic E-state index is 0.207. The molecule has 1 fully saturated rings. The van der Waals surface area contributed by atoms with Crippen LogP contribution < -0.4 is 0 Å². The number of nitrogens with zero attached hydrogens (tertiary/aromatic N) is 2. The molecule has 1 atom stereocenters. The van der Waals surface area contributed by atoms with E-state index < -0.39 is 12.0 Å².